The van der Waals surface area contributed by atoms with E-state index < -0.39 is 185 Å². The monoisotopic (exact) mass is 984 g/mol. The van der Waals surface area contributed by atoms with Crippen LogP contribution in [0.2, 0.25) is 0 Å². The molecule has 1 aromatic rings. The van der Waals surface area contributed by atoms with Gasteiger partial charge in [-0.2, -0.15) is 0 Å². The van der Waals surface area contributed by atoms with Crippen molar-refractivity contribution in [2.24, 2.45) is 0 Å². The van der Waals surface area contributed by atoms with Crippen LogP contribution < -0.4 is 20.1 Å². The number of nitrogens with one attached hydrogen (secondary N) is 2. The van der Waals surface area contributed by atoms with Crippen LogP contribution in [0.1, 0.15) is 27.7 Å². The molecule has 27 nitrogen and oxygen atoms in total. The van der Waals surface area contributed by atoms with E-state index in [9.17, 15) is 70.9 Å². The van der Waals surface area contributed by atoms with Crippen molar-refractivity contribution in [2.45, 2.75) is 181 Å². The van der Waals surface area contributed by atoms with Gasteiger partial charge >= 0.3 is 0 Å². The van der Waals surface area contributed by atoms with Crippen molar-refractivity contribution in [1.29, 1.82) is 0 Å². The van der Waals surface area contributed by atoms with Crippen molar-refractivity contribution < 1.29 is 123 Å². The molecule has 0 bridgehead atoms. The number of benzene rings is 1. The zero-order valence-electron chi connectivity index (χ0n) is 37.5. The van der Waals surface area contributed by atoms with E-state index in [2.05, 4.69) is 10.6 Å². The van der Waals surface area contributed by atoms with Crippen LogP contribution >= 0.6 is 0 Å². The number of aliphatic hydroxyl groups is 12. The molecule has 0 saturated carbocycles. The Hall–Kier alpha value is -3.08. The van der Waals surface area contributed by atoms with Gasteiger partial charge in [0.2, 0.25) is 18.1 Å². The quantitative estimate of drug-likeness (QED) is 0.0731. The first-order valence-corrected chi connectivity index (χ1v) is 21.9. The molecule has 5 aliphatic heterocycles. The number of carbonyl (C=O) groups excluding carboxylic acids is 2. The third-order valence-corrected chi connectivity index (χ3v) is 12.3. The zero-order chi connectivity index (χ0) is 49.9. The predicted molar refractivity (Wildman–Crippen MR) is 218 cm³/mol. The average Bonchev–Trinajstić information content (AvgIpc) is 3.30. The van der Waals surface area contributed by atoms with Crippen molar-refractivity contribution in [2.75, 3.05) is 26.9 Å². The summed E-state index contributed by atoms with van der Waals surface area (Å²) in [4.78, 5) is 25.3. The molecule has 6 rings (SSSR count). The van der Waals surface area contributed by atoms with Gasteiger partial charge in [0.1, 0.15) is 121 Å². The van der Waals surface area contributed by atoms with Gasteiger partial charge in [-0.3, -0.25) is 9.59 Å². The van der Waals surface area contributed by atoms with Crippen LogP contribution in [0, 0.1) is 0 Å². The smallest absolute Gasteiger partial charge is 0.223 e. The lowest BCUT2D eigenvalue weighted by Crippen LogP contribution is -2.70. The Morgan fingerprint density at radius 2 is 0.926 bits per heavy atom. The molecule has 0 unspecified atom stereocenters. The summed E-state index contributed by atoms with van der Waals surface area (Å²) in [6, 6.07) is 3.40. The topological polar surface area (TPSA) is 402 Å². The molecule has 5 saturated heterocycles. The summed E-state index contributed by atoms with van der Waals surface area (Å²) in [7, 11) is 1.47. The molecule has 27 heteroatoms. The zero-order valence-corrected chi connectivity index (χ0v) is 37.5. The van der Waals surface area contributed by atoms with Gasteiger partial charge in [-0.15, -0.1) is 0 Å². The van der Waals surface area contributed by atoms with Crippen molar-refractivity contribution in [3.05, 3.63) is 24.3 Å². The first-order valence-electron chi connectivity index (χ1n) is 21.9. The van der Waals surface area contributed by atoms with Crippen LogP contribution in [0.5, 0.6) is 11.5 Å². The summed E-state index contributed by atoms with van der Waals surface area (Å²) in [6.07, 6.45) is -38.2. The van der Waals surface area contributed by atoms with E-state index in [0.717, 1.165) is 6.92 Å². The molecule has 25 atom stereocenters. The molecule has 388 valence electrons. The highest BCUT2D eigenvalue weighted by molar-refractivity contribution is 5.73. The highest BCUT2D eigenvalue weighted by Gasteiger charge is 2.56. The second-order valence-electron chi connectivity index (χ2n) is 17.2. The van der Waals surface area contributed by atoms with Gasteiger partial charge in [0, 0.05) is 13.8 Å². The molecule has 5 aliphatic rings. The Morgan fingerprint density at radius 3 is 1.47 bits per heavy atom. The number of rotatable bonds is 16. The predicted octanol–water partition coefficient (Wildman–Crippen LogP) is -7.49. The number of hydrogen-bond acceptors (Lipinski definition) is 25. The summed E-state index contributed by atoms with van der Waals surface area (Å²) >= 11 is 0. The minimum Gasteiger partial charge on any atom is -0.497 e. The van der Waals surface area contributed by atoms with E-state index in [1.807, 2.05) is 0 Å². The molecule has 1 aromatic carbocycles. The van der Waals surface area contributed by atoms with Gasteiger partial charge in [-0.05, 0) is 38.1 Å². The molecule has 14 N–H and O–H groups in total. The van der Waals surface area contributed by atoms with Gasteiger partial charge in [0.25, 0.3) is 0 Å². The Morgan fingerprint density at radius 1 is 0.500 bits per heavy atom. The summed E-state index contributed by atoms with van der Waals surface area (Å²) in [5.41, 5.74) is 0. The van der Waals surface area contributed by atoms with Crippen molar-refractivity contribution in [1.82, 2.24) is 10.6 Å². The SMILES string of the molecule is COc1ccc(O[C@@H]2O[C@H](CO)[C@@H](O)[C@H](O[C@@H]3O[C@@H](C)[C@@H](O)[C@@H](O[C@H]4O[C@H](CO[C@@H]5O[C@@H](C)[C@H](O)[C@@H](O[C@H]6O[C@H](CO)[C@@H](O)[C@H](O)[C@H]6O)[C@H]5O)[C@@H](O)[C@H](O)[C@H]4O)[C@@H]3NC(C)=O)[C@H]2NC(C)=O)cc1. The Balaban J connectivity index is 1.19. The van der Waals surface area contributed by atoms with Crippen LogP contribution in [-0.4, -0.2) is 253 Å². The Labute approximate surface area is 388 Å². The summed E-state index contributed by atoms with van der Waals surface area (Å²) < 4.78 is 63.7. The van der Waals surface area contributed by atoms with Crippen LogP contribution in [0.4, 0.5) is 0 Å². The summed E-state index contributed by atoms with van der Waals surface area (Å²) in [5.74, 6) is -0.593. The van der Waals surface area contributed by atoms with Crippen LogP contribution in [-0.2, 0) is 52.2 Å². The van der Waals surface area contributed by atoms with Gasteiger partial charge in [0.05, 0.1) is 39.1 Å². The second-order valence-corrected chi connectivity index (χ2v) is 17.2. The van der Waals surface area contributed by atoms with Gasteiger partial charge in [-0.25, -0.2) is 0 Å². The molecule has 68 heavy (non-hydrogen) atoms. The maximum absolute atomic E-state index is 12.7. The lowest BCUT2D eigenvalue weighted by Gasteiger charge is -2.50. The number of ether oxygens (including phenoxy) is 11. The Bertz CT molecular complexity index is 1770. The second kappa shape index (κ2) is 23.4. The lowest BCUT2D eigenvalue weighted by atomic mass is 9.94. The fraction of sp³-hybridized carbons (Fsp3) is 0.805. The Kier molecular flexibility index (Phi) is 18.7. The van der Waals surface area contributed by atoms with Crippen LogP contribution in [0.25, 0.3) is 0 Å². The van der Waals surface area contributed by atoms with E-state index in [4.69, 9.17) is 52.1 Å². The normalized spacial score (nSPS) is 45.5. The van der Waals surface area contributed by atoms with E-state index in [-0.39, 0.29) is 5.75 Å². The average molecular weight is 985 g/mol. The molecule has 5 heterocycles. The van der Waals surface area contributed by atoms with Gasteiger partial charge in [0.15, 0.2) is 25.2 Å². The number of hydrogen-bond donors (Lipinski definition) is 14. The largest absolute Gasteiger partial charge is 0.497 e. The molecule has 5 fully saturated rings. The highest BCUT2D eigenvalue weighted by atomic mass is 16.8. The van der Waals surface area contributed by atoms with Crippen molar-refractivity contribution >= 4 is 11.8 Å². The molecular weight excluding hydrogens is 920 g/mol. The fourth-order valence-electron chi connectivity index (χ4n) is 8.48. The number of amides is 2. The molecule has 0 aromatic heterocycles. The molecule has 0 spiro atoms. The maximum atomic E-state index is 12.7. The molecule has 0 radical (unpaired) electrons. The number of methoxy groups -OCH3 is 1. The molecule has 2 amide bonds. The van der Waals surface area contributed by atoms with E-state index in [0.29, 0.717) is 5.75 Å². The summed E-state index contributed by atoms with van der Waals surface area (Å²) in [6.45, 7) is 2.80. The van der Waals surface area contributed by atoms with Crippen LogP contribution in [0.3, 0.4) is 0 Å². The lowest BCUT2D eigenvalue weighted by molar-refractivity contribution is -0.368. The van der Waals surface area contributed by atoms with Gasteiger partial charge in [-0.1, -0.05) is 0 Å². The highest BCUT2D eigenvalue weighted by Crippen LogP contribution is 2.35. The van der Waals surface area contributed by atoms with Crippen molar-refractivity contribution in [3.8, 4) is 11.5 Å². The first-order chi connectivity index (χ1) is 32.2. The van der Waals surface area contributed by atoms with Crippen LogP contribution in [0.15, 0.2) is 24.3 Å². The maximum Gasteiger partial charge on any atom is 0.223 e. The van der Waals surface area contributed by atoms with E-state index in [1.54, 1.807) is 24.3 Å². The third-order valence-electron chi connectivity index (χ3n) is 12.3. The molecule has 0 aliphatic carbocycles. The van der Waals surface area contributed by atoms with E-state index >= 15 is 0 Å². The number of aliphatic hydroxyl groups excluding tert-OH is 12. The van der Waals surface area contributed by atoms with Gasteiger partial charge < -0.3 is 124 Å². The molecular formula is C41H64N2O25. The third kappa shape index (κ3) is 12.0. The van der Waals surface area contributed by atoms with E-state index in [1.165, 1.54) is 27.9 Å². The minimum absolute atomic E-state index is 0.233. The number of carbonyl (C=O) groups is 2. The summed E-state index contributed by atoms with van der Waals surface area (Å²) in [5, 5.41) is 134. The minimum atomic E-state index is -2.03. The fourth-order valence-corrected chi connectivity index (χ4v) is 8.48. The first kappa shape index (κ1) is 54.3. The van der Waals surface area contributed by atoms with Crippen molar-refractivity contribution in [3.63, 3.8) is 0 Å². The standard InChI is InChI=1S/C41H64N2O25/c1-13-24(48)34(22(42-15(3)46)37(60-13)66-35-23(43-16(4)47)38(63-20(11-45)28(35)52)62-18-8-6-17(58-5)7-9-18)67-41-32(56)30(54)27(51)21(65-41)12-59-39-33(57)36(25(49)14(2)61-39)68-40-31(55)29(53)26(50)19(10-44)64-40/h6-9,13-14,19-41,44-45,48-57H,10-12H2,1-5H3,(H,42,46)(H,43,47)/t13-,14-,19+,20+,21+,22-,23+,24+,25-,26+,27+,28+,29-,30-,31+,32+,33+,34-,35+,36+,37-,38+,39+,40+,41+/m0/s1.